The van der Waals surface area contributed by atoms with E-state index in [2.05, 4.69) is 29.5 Å². The molecule has 5 heteroatoms. The quantitative estimate of drug-likeness (QED) is 0.664. The molecule has 0 unspecified atom stereocenters. The Balaban J connectivity index is 1.55. The minimum Gasteiger partial charge on any atom is -0.326 e. The average Bonchev–Trinajstić information content (AvgIpc) is 3.54. The Hall–Kier alpha value is -3.21. The second kappa shape index (κ2) is 7.43. The number of pyridine rings is 1. The highest BCUT2D eigenvalue weighted by Crippen LogP contribution is 2.30. The van der Waals surface area contributed by atoms with Gasteiger partial charge < -0.3 is 10.6 Å². The van der Waals surface area contributed by atoms with E-state index >= 15 is 0 Å². The highest BCUT2D eigenvalue weighted by molar-refractivity contribution is 6.12. The topological polar surface area (TPSA) is 71.1 Å². The summed E-state index contributed by atoms with van der Waals surface area (Å²) in [6.07, 6.45) is 1.94. The van der Waals surface area contributed by atoms with E-state index in [0.29, 0.717) is 11.3 Å². The monoisotopic (exact) mass is 373 g/mol. The molecule has 142 valence electrons. The highest BCUT2D eigenvalue weighted by atomic mass is 16.2. The molecule has 3 aromatic rings. The predicted molar refractivity (Wildman–Crippen MR) is 112 cm³/mol. The Bertz CT molecular complexity index is 1040. The van der Waals surface area contributed by atoms with Crippen LogP contribution < -0.4 is 10.6 Å². The lowest BCUT2D eigenvalue weighted by molar-refractivity contribution is -0.117. The van der Waals surface area contributed by atoms with Crippen LogP contribution in [0.15, 0.2) is 54.6 Å². The Morgan fingerprint density at radius 1 is 0.964 bits per heavy atom. The first-order valence-corrected chi connectivity index (χ1v) is 9.63. The number of aromatic nitrogens is 1. The smallest absolute Gasteiger partial charge is 0.256 e. The van der Waals surface area contributed by atoms with Crippen molar-refractivity contribution in [1.82, 2.24) is 4.98 Å². The van der Waals surface area contributed by atoms with Crippen molar-refractivity contribution in [2.24, 2.45) is 5.92 Å². The van der Waals surface area contributed by atoms with E-state index in [1.54, 1.807) is 24.3 Å². The largest absolute Gasteiger partial charge is 0.326 e. The van der Waals surface area contributed by atoms with Crippen molar-refractivity contribution >= 4 is 34.1 Å². The van der Waals surface area contributed by atoms with Crippen LogP contribution in [0.3, 0.4) is 0 Å². The fraction of sp³-hybridized carbons (Fsp3) is 0.261. The van der Waals surface area contributed by atoms with E-state index in [4.69, 9.17) is 0 Å². The molecule has 2 aromatic carbocycles. The number of carbonyl (C=O) groups excluding carboxylic acids is 2. The number of carbonyl (C=O) groups is 2. The molecule has 5 nitrogen and oxygen atoms in total. The van der Waals surface area contributed by atoms with Gasteiger partial charge in [-0.15, -0.1) is 0 Å². The number of hydrogen-bond donors (Lipinski definition) is 2. The molecular weight excluding hydrogens is 350 g/mol. The van der Waals surface area contributed by atoms with Crippen molar-refractivity contribution < 1.29 is 9.59 Å². The van der Waals surface area contributed by atoms with E-state index in [1.165, 1.54) is 0 Å². The van der Waals surface area contributed by atoms with Gasteiger partial charge >= 0.3 is 0 Å². The van der Waals surface area contributed by atoms with Crippen LogP contribution in [0.1, 0.15) is 48.7 Å². The van der Waals surface area contributed by atoms with Crippen molar-refractivity contribution in [2.45, 2.75) is 32.6 Å². The number of nitrogens with zero attached hydrogens (tertiary/aromatic N) is 1. The SMILES string of the molecule is CC(C)c1cc(C(=O)Nc2ccc(NC(=O)C3CC3)cc2)c2ccccc2n1. The summed E-state index contributed by atoms with van der Waals surface area (Å²) in [6.45, 7) is 4.13. The van der Waals surface area contributed by atoms with Gasteiger partial charge in [0.1, 0.15) is 0 Å². The summed E-state index contributed by atoms with van der Waals surface area (Å²) < 4.78 is 0. The molecule has 1 aromatic heterocycles. The third kappa shape index (κ3) is 3.88. The maximum Gasteiger partial charge on any atom is 0.256 e. The summed E-state index contributed by atoms with van der Waals surface area (Å²) in [5.74, 6) is 0.288. The molecule has 1 aliphatic carbocycles. The number of fused-ring (bicyclic) bond motifs is 1. The van der Waals surface area contributed by atoms with E-state index in [-0.39, 0.29) is 23.7 Å². The van der Waals surface area contributed by atoms with E-state index in [0.717, 1.165) is 35.1 Å². The van der Waals surface area contributed by atoms with Gasteiger partial charge in [0, 0.05) is 28.4 Å². The second-order valence-corrected chi connectivity index (χ2v) is 7.56. The van der Waals surface area contributed by atoms with Gasteiger partial charge in [-0.05, 0) is 55.2 Å². The zero-order valence-electron chi connectivity index (χ0n) is 16.0. The fourth-order valence-corrected chi connectivity index (χ4v) is 3.10. The van der Waals surface area contributed by atoms with E-state index < -0.39 is 0 Å². The number of hydrogen-bond acceptors (Lipinski definition) is 3. The van der Waals surface area contributed by atoms with Crippen molar-refractivity contribution in [2.75, 3.05) is 10.6 Å². The summed E-state index contributed by atoms with van der Waals surface area (Å²) in [4.78, 5) is 29.5. The summed E-state index contributed by atoms with van der Waals surface area (Å²) in [7, 11) is 0. The molecule has 2 N–H and O–H groups in total. The molecule has 1 heterocycles. The molecular formula is C23H23N3O2. The Kier molecular flexibility index (Phi) is 4.82. The zero-order chi connectivity index (χ0) is 19.7. The van der Waals surface area contributed by atoms with Gasteiger partial charge in [0.2, 0.25) is 5.91 Å². The van der Waals surface area contributed by atoms with Crippen LogP contribution in [0.5, 0.6) is 0 Å². The number of amides is 2. The third-order valence-electron chi connectivity index (χ3n) is 4.93. The molecule has 0 bridgehead atoms. The van der Waals surface area contributed by atoms with E-state index in [9.17, 15) is 9.59 Å². The highest BCUT2D eigenvalue weighted by Gasteiger charge is 2.29. The van der Waals surface area contributed by atoms with Gasteiger partial charge in [0.25, 0.3) is 5.91 Å². The second-order valence-electron chi connectivity index (χ2n) is 7.56. The molecule has 0 aliphatic heterocycles. The van der Waals surface area contributed by atoms with Crippen LogP contribution in [0, 0.1) is 5.92 Å². The number of anilines is 2. The molecule has 0 atom stereocenters. The van der Waals surface area contributed by atoms with Gasteiger partial charge in [-0.1, -0.05) is 32.0 Å². The Morgan fingerprint density at radius 3 is 2.25 bits per heavy atom. The van der Waals surface area contributed by atoms with Crippen LogP contribution in [0.25, 0.3) is 10.9 Å². The Morgan fingerprint density at radius 2 is 1.61 bits per heavy atom. The molecule has 0 spiro atoms. The Labute approximate surface area is 164 Å². The zero-order valence-corrected chi connectivity index (χ0v) is 16.0. The lowest BCUT2D eigenvalue weighted by atomic mass is 10.0. The summed E-state index contributed by atoms with van der Waals surface area (Å²) in [5, 5.41) is 6.68. The summed E-state index contributed by atoms with van der Waals surface area (Å²) in [6, 6.07) is 16.8. The number of nitrogens with one attached hydrogen (secondary N) is 2. The first-order chi connectivity index (χ1) is 13.5. The van der Waals surface area contributed by atoms with Crippen LogP contribution in [0.2, 0.25) is 0 Å². The standard InChI is InChI=1S/C23H23N3O2/c1-14(2)21-13-19(18-5-3-4-6-20(18)26-21)23(28)25-17-11-9-16(10-12-17)24-22(27)15-7-8-15/h3-6,9-15H,7-8H2,1-2H3,(H,24,27)(H,25,28). The van der Waals surface area contributed by atoms with Gasteiger partial charge in [-0.3, -0.25) is 14.6 Å². The lowest BCUT2D eigenvalue weighted by Gasteiger charge is -2.12. The van der Waals surface area contributed by atoms with Gasteiger partial charge in [-0.2, -0.15) is 0 Å². The van der Waals surface area contributed by atoms with Crippen LogP contribution in [0.4, 0.5) is 11.4 Å². The minimum atomic E-state index is -0.171. The maximum absolute atomic E-state index is 13.0. The number of benzene rings is 2. The van der Waals surface area contributed by atoms with Crippen molar-refractivity contribution in [3.8, 4) is 0 Å². The molecule has 28 heavy (non-hydrogen) atoms. The van der Waals surface area contributed by atoms with Crippen LogP contribution in [-0.4, -0.2) is 16.8 Å². The molecule has 1 saturated carbocycles. The maximum atomic E-state index is 13.0. The molecule has 1 fully saturated rings. The number of para-hydroxylation sites is 1. The average molecular weight is 373 g/mol. The molecule has 0 saturated heterocycles. The first kappa shape index (κ1) is 18.2. The van der Waals surface area contributed by atoms with Crippen molar-refractivity contribution in [1.29, 1.82) is 0 Å². The van der Waals surface area contributed by atoms with Gasteiger partial charge in [0.15, 0.2) is 0 Å². The van der Waals surface area contributed by atoms with Crippen LogP contribution >= 0.6 is 0 Å². The first-order valence-electron chi connectivity index (χ1n) is 9.63. The minimum absolute atomic E-state index is 0.0706. The lowest BCUT2D eigenvalue weighted by Crippen LogP contribution is -2.15. The van der Waals surface area contributed by atoms with Crippen molar-refractivity contribution in [3.05, 3.63) is 65.9 Å². The van der Waals surface area contributed by atoms with E-state index in [1.807, 2.05) is 30.3 Å². The van der Waals surface area contributed by atoms with Gasteiger partial charge in [0.05, 0.1) is 11.1 Å². The predicted octanol–water partition coefficient (Wildman–Crippen LogP) is 4.96. The molecule has 1 aliphatic rings. The molecule has 2 amide bonds. The normalized spacial score (nSPS) is 13.5. The molecule has 0 radical (unpaired) electrons. The summed E-state index contributed by atoms with van der Waals surface area (Å²) in [5.41, 5.74) is 3.74. The fourth-order valence-electron chi connectivity index (χ4n) is 3.10. The van der Waals surface area contributed by atoms with Crippen LogP contribution in [-0.2, 0) is 4.79 Å². The van der Waals surface area contributed by atoms with Gasteiger partial charge in [-0.25, -0.2) is 0 Å². The van der Waals surface area contributed by atoms with Crippen molar-refractivity contribution in [3.63, 3.8) is 0 Å². The molecule has 4 rings (SSSR count). The third-order valence-corrected chi connectivity index (χ3v) is 4.93. The summed E-state index contributed by atoms with van der Waals surface area (Å²) >= 11 is 0. The number of rotatable bonds is 5.